The van der Waals surface area contributed by atoms with Gasteiger partial charge in [0.1, 0.15) is 12.1 Å². The molecule has 0 aliphatic rings. The van der Waals surface area contributed by atoms with Gasteiger partial charge in [0.2, 0.25) is 0 Å². The third-order valence-corrected chi connectivity index (χ3v) is 3.61. The number of nitro benzene ring substituents is 2. The van der Waals surface area contributed by atoms with Crippen molar-refractivity contribution in [3.05, 3.63) is 73.8 Å². The molecule has 0 saturated carbocycles. The van der Waals surface area contributed by atoms with Crippen molar-refractivity contribution >= 4 is 17.6 Å². The van der Waals surface area contributed by atoms with Crippen molar-refractivity contribution in [1.82, 2.24) is 0 Å². The van der Waals surface area contributed by atoms with E-state index in [4.69, 9.17) is 0 Å². The van der Waals surface area contributed by atoms with Gasteiger partial charge in [-0.1, -0.05) is 11.8 Å². The minimum Gasteiger partial charge on any atom is -0.872 e. The molecule has 26 heavy (non-hydrogen) atoms. The van der Waals surface area contributed by atoms with Crippen LogP contribution in [0.4, 0.5) is 11.4 Å². The van der Waals surface area contributed by atoms with Crippen LogP contribution < -0.4 is 5.11 Å². The van der Waals surface area contributed by atoms with Crippen LogP contribution in [0.5, 0.6) is 5.75 Å². The van der Waals surface area contributed by atoms with Crippen LogP contribution in [0.15, 0.2) is 47.5 Å². The Bertz CT molecular complexity index is 836. The van der Waals surface area contributed by atoms with Gasteiger partial charge in [-0.15, -0.1) is 0 Å². The van der Waals surface area contributed by atoms with E-state index in [-0.39, 0.29) is 22.5 Å². The maximum absolute atomic E-state index is 11.7. The standard InChI is InChI=1S/C16H15N3O7/c20-9-14(16(22)10-1-3-12(4-2-10)18(23)24)17-8-11-7-13(19(25)26)5-6-15(11)21/h1-8,14,16,20-22H,9H2/p-1/t14-,16+/m1/s1. The third-order valence-electron chi connectivity index (χ3n) is 3.61. The van der Waals surface area contributed by atoms with Gasteiger partial charge in [-0.25, -0.2) is 0 Å². The molecule has 0 aliphatic heterocycles. The number of benzene rings is 2. The van der Waals surface area contributed by atoms with E-state index < -0.39 is 34.3 Å². The number of nitro groups is 2. The molecule has 2 aromatic rings. The van der Waals surface area contributed by atoms with E-state index >= 15 is 0 Å². The van der Waals surface area contributed by atoms with E-state index in [1.807, 2.05) is 0 Å². The fourth-order valence-electron chi connectivity index (χ4n) is 2.17. The van der Waals surface area contributed by atoms with Crippen molar-refractivity contribution in [2.24, 2.45) is 4.99 Å². The molecule has 0 amide bonds. The van der Waals surface area contributed by atoms with Crippen molar-refractivity contribution < 1.29 is 25.2 Å². The molecule has 0 aliphatic carbocycles. The zero-order valence-corrected chi connectivity index (χ0v) is 13.3. The summed E-state index contributed by atoms with van der Waals surface area (Å²) in [6.45, 7) is -0.572. The lowest BCUT2D eigenvalue weighted by atomic mass is 10.0. The molecule has 0 radical (unpaired) electrons. The van der Waals surface area contributed by atoms with Crippen LogP contribution in [-0.2, 0) is 0 Å². The second kappa shape index (κ2) is 8.14. The summed E-state index contributed by atoms with van der Waals surface area (Å²) in [7, 11) is 0. The van der Waals surface area contributed by atoms with Gasteiger partial charge in [-0.3, -0.25) is 25.2 Å². The number of rotatable bonds is 7. The molecule has 0 unspecified atom stereocenters. The normalized spacial score (nSPS) is 13.5. The second-order valence-corrected chi connectivity index (χ2v) is 5.30. The van der Waals surface area contributed by atoms with Crippen molar-refractivity contribution in [2.75, 3.05) is 6.61 Å². The van der Waals surface area contributed by atoms with Gasteiger partial charge in [0.05, 0.1) is 16.5 Å². The Morgan fingerprint density at radius 3 is 2.15 bits per heavy atom. The molecule has 2 N–H and O–H groups in total. The van der Waals surface area contributed by atoms with Crippen molar-refractivity contribution in [2.45, 2.75) is 12.1 Å². The monoisotopic (exact) mass is 360 g/mol. The van der Waals surface area contributed by atoms with Crippen LogP contribution in [0.3, 0.4) is 0 Å². The first-order valence-electron chi connectivity index (χ1n) is 7.35. The summed E-state index contributed by atoms with van der Waals surface area (Å²) < 4.78 is 0. The molecule has 136 valence electrons. The van der Waals surface area contributed by atoms with Crippen LogP contribution in [0.25, 0.3) is 0 Å². The maximum Gasteiger partial charge on any atom is 0.270 e. The van der Waals surface area contributed by atoms with Crippen molar-refractivity contribution in [3.63, 3.8) is 0 Å². The summed E-state index contributed by atoms with van der Waals surface area (Å²) in [6.07, 6.45) is -0.240. The molecule has 10 nitrogen and oxygen atoms in total. The Morgan fingerprint density at radius 1 is 1.04 bits per heavy atom. The summed E-state index contributed by atoms with van der Waals surface area (Å²) in [6, 6.07) is 7.13. The predicted molar refractivity (Wildman–Crippen MR) is 89.1 cm³/mol. The van der Waals surface area contributed by atoms with Gasteiger partial charge in [-0.2, -0.15) is 0 Å². The summed E-state index contributed by atoms with van der Waals surface area (Å²) in [5, 5.41) is 52.8. The summed E-state index contributed by atoms with van der Waals surface area (Å²) in [5.74, 6) is -0.499. The van der Waals surface area contributed by atoms with E-state index in [1.165, 1.54) is 24.3 Å². The predicted octanol–water partition coefficient (Wildman–Crippen LogP) is 1.09. The lowest BCUT2D eigenvalue weighted by molar-refractivity contribution is -0.385. The molecule has 2 atom stereocenters. The molecule has 0 bridgehead atoms. The number of non-ortho nitro benzene ring substituents is 2. The zero-order chi connectivity index (χ0) is 19.3. The average molecular weight is 360 g/mol. The Labute approximate surface area is 147 Å². The average Bonchev–Trinajstić information content (AvgIpc) is 2.63. The first-order valence-corrected chi connectivity index (χ1v) is 7.35. The smallest absolute Gasteiger partial charge is 0.270 e. The van der Waals surface area contributed by atoms with Gasteiger partial charge in [-0.05, 0) is 23.3 Å². The van der Waals surface area contributed by atoms with Crippen LogP contribution in [0.2, 0.25) is 0 Å². The lowest BCUT2D eigenvalue weighted by Crippen LogP contribution is -2.21. The highest BCUT2D eigenvalue weighted by Crippen LogP contribution is 2.23. The second-order valence-electron chi connectivity index (χ2n) is 5.30. The zero-order valence-electron chi connectivity index (χ0n) is 13.3. The van der Waals surface area contributed by atoms with E-state index in [2.05, 4.69) is 4.99 Å². The van der Waals surface area contributed by atoms with Gasteiger partial charge in [0.15, 0.2) is 0 Å². The first-order chi connectivity index (χ1) is 12.3. The molecule has 0 heterocycles. The van der Waals surface area contributed by atoms with E-state index in [9.17, 15) is 35.5 Å². The highest BCUT2D eigenvalue weighted by atomic mass is 16.6. The number of hydrogen-bond acceptors (Lipinski definition) is 8. The van der Waals surface area contributed by atoms with Gasteiger partial charge in [0.25, 0.3) is 11.4 Å². The maximum atomic E-state index is 11.7. The molecule has 0 aromatic heterocycles. The fraction of sp³-hybridized carbons (Fsp3) is 0.188. The van der Waals surface area contributed by atoms with Gasteiger partial charge >= 0.3 is 0 Å². The number of hydrogen-bond donors (Lipinski definition) is 2. The minimum absolute atomic E-state index is 0.0615. The number of nitrogens with zero attached hydrogens (tertiary/aromatic N) is 3. The minimum atomic E-state index is -1.29. The molecule has 2 rings (SSSR count). The highest BCUT2D eigenvalue weighted by molar-refractivity contribution is 5.84. The van der Waals surface area contributed by atoms with Gasteiger partial charge in [0, 0.05) is 30.5 Å². The van der Waals surface area contributed by atoms with Crippen LogP contribution in [0.1, 0.15) is 17.2 Å². The SMILES string of the molecule is O=[N+]([O-])c1ccc([C@H](O)[C@@H](CO)N=Cc2cc([N+](=O)[O-])ccc2[O-])cc1. The number of aliphatic hydroxyl groups is 2. The van der Waals surface area contributed by atoms with Crippen molar-refractivity contribution in [3.8, 4) is 5.75 Å². The lowest BCUT2D eigenvalue weighted by Gasteiger charge is -2.18. The fourth-order valence-corrected chi connectivity index (χ4v) is 2.17. The van der Waals surface area contributed by atoms with Crippen LogP contribution in [-0.4, -0.2) is 38.9 Å². The largest absolute Gasteiger partial charge is 0.872 e. The van der Waals surface area contributed by atoms with E-state index in [0.717, 1.165) is 24.4 Å². The highest BCUT2D eigenvalue weighted by Gasteiger charge is 2.20. The molecule has 2 aromatic carbocycles. The van der Waals surface area contributed by atoms with E-state index in [0.29, 0.717) is 0 Å². The Morgan fingerprint density at radius 2 is 1.62 bits per heavy atom. The van der Waals surface area contributed by atoms with E-state index in [1.54, 1.807) is 0 Å². The third kappa shape index (κ3) is 4.37. The van der Waals surface area contributed by atoms with Crippen LogP contribution in [0, 0.1) is 20.2 Å². The summed E-state index contributed by atoms with van der Waals surface area (Å²) >= 11 is 0. The molecule has 0 saturated heterocycles. The first kappa shape index (κ1) is 19.0. The summed E-state index contributed by atoms with van der Waals surface area (Å²) in [5.41, 5.74) is -0.221. The Hall–Kier alpha value is -3.37. The number of aliphatic hydroxyl groups excluding tert-OH is 2. The molecular formula is C16H14N3O7-. The molecule has 0 fully saturated rings. The molecule has 10 heteroatoms. The van der Waals surface area contributed by atoms with Crippen LogP contribution >= 0.6 is 0 Å². The Kier molecular flexibility index (Phi) is 5.94. The summed E-state index contributed by atoms with van der Waals surface area (Å²) in [4.78, 5) is 24.1. The topological polar surface area (TPSA) is 162 Å². The quantitative estimate of drug-likeness (QED) is 0.424. The molecule has 0 spiro atoms. The molecular weight excluding hydrogens is 346 g/mol. The van der Waals surface area contributed by atoms with Gasteiger partial charge < -0.3 is 15.3 Å². The number of aliphatic imine (C=N–C) groups is 1. The van der Waals surface area contributed by atoms with Crippen molar-refractivity contribution in [1.29, 1.82) is 0 Å². The Balaban J connectivity index is 2.22.